The molecule has 0 amide bonds. The van der Waals surface area contributed by atoms with Gasteiger partial charge in [0.05, 0.1) is 0 Å². The maximum Gasteiger partial charge on any atom is 2.00 e. The number of nitrogens with zero attached hydrogens (tertiary/aromatic N) is 2. The summed E-state index contributed by atoms with van der Waals surface area (Å²) in [7, 11) is 0. The molecule has 1 N–H and O–H groups in total. The molecule has 0 saturated carbocycles. The third kappa shape index (κ3) is 4.95. The van der Waals surface area contributed by atoms with Gasteiger partial charge in [-0.25, -0.2) is 11.6 Å². The predicted molar refractivity (Wildman–Crippen MR) is 178 cm³/mol. The number of aromatic amines is 1. The molecule has 6 aromatic carbocycles. The summed E-state index contributed by atoms with van der Waals surface area (Å²) in [5.41, 5.74) is 15.1. The molecule has 4 heteroatoms. The Kier molecular flexibility index (Phi) is 7.42. The van der Waals surface area contributed by atoms with Gasteiger partial charge in [0.2, 0.25) is 0 Å². The number of hydrogen-bond donors (Lipinski definition) is 1. The Balaban J connectivity index is 0.00000312. The molecule has 2 heterocycles. The number of para-hydroxylation sites is 1. The summed E-state index contributed by atoms with van der Waals surface area (Å²) in [6.07, 6.45) is 3.17. The monoisotopic (exact) mass is 787 g/mol. The van der Waals surface area contributed by atoms with Crippen molar-refractivity contribution in [2.45, 2.75) is 13.8 Å². The van der Waals surface area contributed by atoms with E-state index in [0.717, 1.165) is 44.3 Å². The van der Waals surface area contributed by atoms with Gasteiger partial charge in [-0.2, -0.15) is 12.1 Å². The van der Waals surface area contributed by atoms with E-state index in [1.807, 2.05) is 12.1 Å². The molecule has 0 aliphatic heterocycles. The fourth-order valence-electron chi connectivity index (χ4n) is 6.18. The smallest absolute Gasteiger partial charge is 0.392 e. The van der Waals surface area contributed by atoms with E-state index in [1.165, 1.54) is 38.6 Å². The van der Waals surface area contributed by atoms with Gasteiger partial charge in [0, 0.05) is 27.3 Å². The molecular formula is C40H27N3U. The molecule has 0 unspecified atom stereocenters. The molecule has 0 bridgehead atoms. The van der Waals surface area contributed by atoms with Crippen LogP contribution in [0, 0.1) is 57.2 Å². The third-order valence-corrected chi connectivity index (χ3v) is 8.47. The molecule has 206 valence electrons. The Bertz CT molecular complexity index is 2330. The first-order valence-electron chi connectivity index (χ1n) is 14.5. The summed E-state index contributed by atoms with van der Waals surface area (Å²) >= 11 is 0. The van der Waals surface area contributed by atoms with Gasteiger partial charge in [-0.05, 0) is 82.6 Å². The fraction of sp³-hybridized carbons (Fsp3) is 0.0500. The van der Waals surface area contributed by atoms with Gasteiger partial charge in [-0.15, -0.1) is 23.5 Å². The van der Waals surface area contributed by atoms with Crippen molar-refractivity contribution in [2.24, 2.45) is 0 Å². The number of benzene rings is 6. The molecule has 0 aliphatic rings. The molecule has 44 heavy (non-hydrogen) atoms. The molecule has 3 nitrogen and oxygen atoms in total. The minimum Gasteiger partial charge on any atom is -0.392 e. The number of aromatic nitrogens is 3. The van der Waals surface area contributed by atoms with E-state index >= 15 is 0 Å². The zero-order chi connectivity index (χ0) is 28.9. The zero-order valence-electron chi connectivity index (χ0n) is 24.4. The van der Waals surface area contributed by atoms with E-state index in [-0.39, 0.29) is 31.1 Å². The molecule has 2 aromatic heterocycles. The van der Waals surface area contributed by atoms with Gasteiger partial charge in [-0.1, -0.05) is 78.9 Å². The maximum absolute atomic E-state index is 5.01. The first-order valence-corrected chi connectivity index (χ1v) is 14.5. The van der Waals surface area contributed by atoms with Crippen LogP contribution in [0.4, 0.5) is 0 Å². The average molecular weight is 788 g/mol. The van der Waals surface area contributed by atoms with Gasteiger partial charge in [0.1, 0.15) is 0 Å². The Morgan fingerprint density at radius 1 is 0.591 bits per heavy atom. The number of fused-ring (bicyclic) bond motifs is 4. The molecule has 0 atom stereocenters. The molecule has 0 aliphatic carbocycles. The number of rotatable bonds is 4. The van der Waals surface area contributed by atoms with Crippen LogP contribution in [0.15, 0.2) is 121 Å². The van der Waals surface area contributed by atoms with Gasteiger partial charge in [0.25, 0.3) is 0 Å². The van der Waals surface area contributed by atoms with Crippen LogP contribution in [0.1, 0.15) is 11.1 Å². The fourth-order valence-corrected chi connectivity index (χ4v) is 6.18. The van der Waals surface area contributed by atoms with Crippen molar-refractivity contribution in [2.75, 3.05) is 0 Å². The number of aryl methyl sites for hydroxylation is 1. The van der Waals surface area contributed by atoms with Crippen molar-refractivity contribution in [3.05, 3.63) is 145 Å². The summed E-state index contributed by atoms with van der Waals surface area (Å²) in [6.45, 7) is 4.36. The summed E-state index contributed by atoms with van der Waals surface area (Å²) < 4.78 is 0. The Morgan fingerprint density at radius 3 is 2.25 bits per heavy atom. The van der Waals surface area contributed by atoms with Crippen LogP contribution in [0.2, 0.25) is 0 Å². The average Bonchev–Trinajstić information content (AvgIpc) is 3.43. The molecule has 8 rings (SSSR count). The number of nitrogens with one attached hydrogen (secondary N) is 1. The topological polar surface area (TPSA) is 41.6 Å². The van der Waals surface area contributed by atoms with E-state index in [4.69, 9.17) is 4.98 Å². The van der Waals surface area contributed by atoms with Crippen molar-refractivity contribution in [3.8, 4) is 44.6 Å². The molecule has 8 aromatic rings. The minimum absolute atomic E-state index is 0. The quantitative estimate of drug-likeness (QED) is 0.181. The van der Waals surface area contributed by atoms with E-state index in [2.05, 4.69) is 145 Å². The van der Waals surface area contributed by atoms with Crippen molar-refractivity contribution >= 4 is 32.8 Å². The minimum atomic E-state index is 0. The van der Waals surface area contributed by atoms with Crippen molar-refractivity contribution < 1.29 is 31.1 Å². The van der Waals surface area contributed by atoms with E-state index < -0.39 is 0 Å². The normalized spacial score (nSPS) is 11.2. The Hall–Kier alpha value is -4.49. The first kappa shape index (κ1) is 28.3. The Morgan fingerprint density at radius 2 is 1.34 bits per heavy atom. The largest absolute Gasteiger partial charge is 2.00 e. The predicted octanol–water partition coefficient (Wildman–Crippen LogP) is 10.1. The number of hydrogen-bond acceptors (Lipinski definition) is 2. The second-order valence-electron chi connectivity index (χ2n) is 11.1. The molecule has 0 spiro atoms. The summed E-state index contributed by atoms with van der Waals surface area (Å²) in [5.74, 6) is 0. The zero-order valence-corrected chi connectivity index (χ0v) is 28.6. The second-order valence-corrected chi connectivity index (χ2v) is 11.1. The molecule has 0 radical (unpaired) electrons. The first-order chi connectivity index (χ1) is 21.1. The van der Waals surface area contributed by atoms with E-state index in [1.54, 1.807) is 0 Å². The van der Waals surface area contributed by atoms with Gasteiger partial charge >= 0.3 is 31.1 Å². The molecule has 0 fully saturated rings. The third-order valence-electron chi connectivity index (χ3n) is 8.47. The molecule has 0 saturated heterocycles. The van der Waals surface area contributed by atoms with Crippen molar-refractivity contribution in [1.82, 2.24) is 15.0 Å². The summed E-state index contributed by atoms with van der Waals surface area (Å²) in [4.78, 5) is 13.2. The van der Waals surface area contributed by atoms with Crippen LogP contribution in [-0.2, 0) is 0 Å². The van der Waals surface area contributed by atoms with E-state index in [0.29, 0.717) is 5.69 Å². The van der Waals surface area contributed by atoms with Crippen molar-refractivity contribution in [1.29, 1.82) is 0 Å². The molecular weight excluding hydrogens is 760 g/mol. The van der Waals surface area contributed by atoms with E-state index in [9.17, 15) is 0 Å². The van der Waals surface area contributed by atoms with Crippen LogP contribution >= 0.6 is 0 Å². The van der Waals surface area contributed by atoms with Crippen molar-refractivity contribution in [3.63, 3.8) is 0 Å². The van der Waals surface area contributed by atoms with Gasteiger partial charge in [-0.3, -0.25) is 0 Å². The summed E-state index contributed by atoms with van der Waals surface area (Å²) in [6, 6.07) is 45.9. The van der Waals surface area contributed by atoms with Crippen LogP contribution in [0.25, 0.3) is 77.5 Å². The van der Waals surface area contributed by atoms with Gasteiger partial charge < -0.3 is 15.0 Å². The maximum atomic E-state index is 5.01. The van der Waals surface area contributed by atoms with Crippen LogP contribution in [0.5, 0.6) is 0 Å². The summed E-state index contributed by atoms with van der Waals surface area (Å²) in [5, 5.41) is 2.45. The van der Waals surface area contributed by atoms with Crippen LogP contribution in [0.3, 0.4) is 0 Å². The van der Waals surface area contributed by atoms with Gasteiger partial charge in [0.15, 0.2) is 0 Å². The van der Waals surface area contributed by atoms with Crippen LogP contribution < -0.4 is 0 Å². The SMILES string of the molecule is Cc1ccccc1-c1cccc(-c2cc[c-]c(-c3[c-]nc4ccc(-c5ccc6[nH]c7ccccc7c6c5)cc4n3)c2)c1C.[U+2]. The second kappa shape index (κ2) is 11.5. The standard InChI is InChI=1S/C40H27N3.U/c1-25-9-3-4-12-31(25)33-15-8-14-32(26(33)2)29-10-7-11-30(21-29)40-24-41-38-20-18-28(23-39(38)43-40)27-17-19-37-35(22-27)34-13-5-6-16-36(34)42-37;/h3-10,12-23,42H,1-2H3;/q-2;+2. The van der Waals surface area contributed by atoms with Crippen LogP contribution in [-0.4, -0.2) is 15.0 Å². The number of H-pyrrole nitrogens is 1. The Labute approximate surface area is 280 Å².